The lowest BCUT2D eigenvalue weighted by atomic mass is 10.3. The fraction of sp³-hybridized carbons (Fsp3) is 0.375. The summed E-state index contributed by atoms with van der Waals surface area (Å²) in [6.45, 7) is 3.31. The largest absolute Gasteiger partial charge is 0.324 e. The lowest BCUT2D eigenvalue weighted by Gasteiger charge is -2.24. The average Bonchev–Trinajstić information content (AvgIpc) is 2.03. The highest BCUT2D eigenvalue weighted by Crippen LogP contribution is 1.98. The highest BCUT2D eigenvalue weighted by Gasteiger charge is 2.25. The summed E-state index contributed by atoms with van der Waals surface area (Å²) < 4.78 is 0. The van der Waals surface area contributed by atoms with Crippen LogP contribution >= 0.6 is 0 Å². The van der Waals surface area contributed by atoms with Gasteiger partial charge in [-0.3, -0.25) is 19.7 Å². The second-order valence-corrected chi connectivity index (χ2v) is 2.71. The van der Waals surface area contributed by atoms with Crippen molar-refractivity contribution in [2.45, 2.75) is 6.42 Å². The molecule has 0 aromatic carbocycles. The van der Waals surface area contributed by atoms with Gasteiger partial charge in [-0.05, 0) is 0 Å². The normalized spacial score (nSPS) is 16.8. The van der Waals surface area contributed by atoms with E-state index in [1.54, 1.807) is 0 Å². The summed E-state index contributed by atoms with van der Waals surface area (Å²) >= 11 is 0. The lowest BCUT2D eigenvalue weighted by Crippen LogP contribution is -2.53. The first-order chi connectivity index (χ1) is 6.13. The van der Waals surface area contributed by atoms with Crippen LogP contribution in [0, 0.1) is 0 Å². The summed E-state index contributed by atoms with van der Waals surface area (Å²) in [5, 5.41) is 2.11. The minimum absolute atomic E-state index is 0.0432. The maximum atomic E-state index is 11.2. The zero-order valence-corrected chi connectivity index (χ0v) is 7.08. The standard InChI is InChI=1S/C8H10N2O3/c1-2-3-8(13)10-4-6(11)9-7(12)5-10/h2H,1,3-5H2,(H,9,11,12). The Morgan fingerprint density at radius 1 is 1.46 bits per heavy atom. The van der Waals surface area contributed by atoms with E-state index in [1.165, 1.54) is 11.0 Å². The van der Waals surface area contributed by atoms with E-state index in [0.717, 1.165) is 0 Å². The Morgan fingerprint density at radius 3 is 2.46 bits per heavy atom. The molecule has 1 N–H and O–H groups in total. The van der Waals surface area contributed by atoms with Gasteiger partial charge >= 0.3 is 0 Å². The highest BCUT2D eigenvalue weighted by molar-refractivity contribution is 6.02. The lowest BCUT2D eigenvalue weighted by molar-refractivity contribution is -0.144. The van der Waals surface area contributed by atoms with Crippen LogP contribution in [0.1, 0.15) is 6.42 Å². The van der Waals surface area contributed by atoms with E-state index in [1.807, 2.05) is 0 Å². The van der Waals surface area contributed by atoms with Crippen LogP contribution in [0.15, 0.2) is 12.7 Å². The number of amides is 3. The van der Waals surface area contributed by atoms with Gasteiger partial charge in [0.05, 0.1) is 0 Å². The molecule has 0 radical (unpaired) electrons. The van der Waals surface area contributed by atoms with Gasteiger partial charge in [-0.1, -0.05) is 6.08 Å². The predicted molar refractivity (Wildman–Crippen MR) is 44.5 cm³/mol. The van der Waals surface area contributed by atoms with Crippen molar-refractivity contribution in [3.05, 3.63) is 12.7 Å². The molecule has 5 heteroatoms. The molecule has 1 aliphatic heterocycles. The SMILES string of the molecule is C=CCC(=O)N1CC(=O)NC(=O)C1. The topological polar surface area (TPSA) is 66.5 Å². The fourth-order valence-electron chi connectivity index (χ4n) is 1.07. The van der Waals surface area contributed by atoms with Crippen LogP contribution in [0.2, 0.25) is 0 Å². The molecule has 0 saturated carbocycles. The second-order valence-electron chi connectivity index (χ2n) is 2.71. The summed E-state index contributed by atoms with van der Waals surface area (Å²) in [5.74, 6) is -1.12. The molecule has 0 aromatic heterocycles. The van der Waals surface area contributed by atoms with E-state index in [9.17, 15) is 14.4 Å². The third-order valence-electron chi connectivity index (χ3n) is 1.62. The van der Waals surface area contributed by atoms with E-state index in [-0.39, 0.29) is 25.4 Å². The van der Waals surface area contributed by atoms with Crippen molar-refractivity contribution < 1.29 is 14.4 Å². The summed E-state index contributed by atoms with van der Waals surface area (Å²) in [6.07, 6.45) is 1.60. The number of rotatable bonds is 2. The fourth-order valence-corrected chi connectivity index (χ4v) is 1.07. The second kappa shape index (κ2) is 3.84. The van der Waals surface area contributed by atoms with E-state index in [0.29, 0.717) is 0 Å². The predicted octanol–water partition coefficient (Wildman–Crippen LogP) is -0.952. The van der Waals surface area contributed by atoms with Crippen molar-refractivity contribution in [2.24, 2.45) is 0 Å². The number of carbonyl (C=O) groups is 3. The van der Waals surface area contributed by atoms with Crippen molar-refractivity contribution in [2.75, 3.05) is 13.1 Å². The van der Waals surface area contributed by atoms with Gasteiger partial charge < -0.3 is 4.90 Å². The highest BCUT2D eigenvalue weighted by atomic mass is 16.2. The monoisotopic (exact) mass is 182 g/mol. The molecule has 0 bridgehead atoms. The van der Waals surface area contributed by atoms with Gasteiger partial charge in [0.1, 0.15) is 13.1 Å². The molecule has 1 fully saturated rings. The molecule has 0 aromatic rings. The molecule has 1 aliphatic rings. The first-order valence-corrected chi connectivity index (χ1v) is 3.85. The molecule has 3 amide bonds. The summed E-state index contributed by atoms with van der Waals surface area (Å²) in [6, 6.07) is 0. The Kier molecular flexibility index (Phi) is 2.79. The van der Waals surface area contributed by atoms with Crippen molar-refractivity contribution in [1.82, 2.24) is 10.2 Å². The van der Waals surface area contributed by atoms with Gasteiger partial charge in [0.25, 0.3) is 0 Å². The van der Waals surface area contributed by atoms with Crippen LogP contribution in [0.5, 0.6) is 0 Å². The number of carbonyl (C=O) groups excluding carboxylic acids is 3. The number of nitrogens with one attached hydrogen (secondary N) is 1. The van der Waals surface area contributed by atoms with Crippen LogP contribution in [0.25, 0.3) is 0 Å². The molecular weight excluding hydrogens is 172 g/mol. The van der Waals surface area contributed by atoms with E-state index >= 15 is 0 Å². The van der Waals surface area contributed by atoms with Gasteiger partial charge in [-0.25, -0.2) is 0 Å². The quantitative estimate of drug-likeness (QED) is 0.442. The number of nitrogens with zero attached hydrogens (tertiary/aromatic N) is 1. The Morgan fingerprint density at radius 2 is 2.00 bits per heavy atom. The van der Waals surface area contributed by atoms with Crippen molar-refractivity contribution >= 4 is 17.7 Å². The first-order valence-electron chi connectivity index (χ1n) is 3.85. The molecule has 0 atom stereocenters. The summed E-state index contributed by atoms with van der Waals surface area (Å²) in [4.78, 5) is 34.1. The van der Waals surface area contributed by atoms with E-state index in [2.05, 4.69) is 11.9 Å². The summed E-state index contributed by atoms with van der Waals surface area (Å²) in [5.41, 5.74) is 0. The summed E-state index contributed by atoms with van der Waals surface area (Å²) in [7, 11) is 0. The van der Waals surface area contributed by atoms with Crippen LogP contribution in [0.3, 0.4) is 0 Å². The molecule has 0 aliphatic carbocycles. The van der Waals surface area contributed by atoms with Crippen molar-refractivity contribution in [3.8, 4) is 0 Å². The van der Waals surface area contributed by atoms with E-state index in [4.69, 9.17) is 0 Å². The zero-order valence-electron chi connectivity index (χ0n) is 7.08. The molecule has 1 heterocycles. The van der Waals surface area contributed by atoms with Crippen LogP contribution < -0.4 is 5.32 Å². The Labute approximate surface area is 75.4 Å². The Hall–Kier alpha value is -1.65. The molecule has 1 saturated heterocycles. The molecule has 1 rings (SSSR count). The number of hydrogen-bond acceptors (Lipinski definition) is 3. The minimum Gasteiger partial charge on any atom is -0.324 e. The van der Waals surface area contributed by atoms with Gasteiger partial charge in [-0.15, -0.1) is 6.58 Å². The first kappa shape index (κ1) is 9.44. The molecule has 70 valence electrons. The maximum Gasteiger partial charge on any atom is 0.246 e. The van der Waals surface area contributed by atoms with Crippen LogP contribution in [-0.4, -0.2) is 35.7 Å². The Balaban J connectivity index is 2.59. The zero-order chi connectivity index (χ0) is 9.84. The molecule has 5 nitrogen and oxygen atoms in total. The Bertz CT molecular complexity index is 257. The minimum atomic E-state index is -0.436. The molecule has 0 spiro atoms. The molecular formula is C8H10N2O3. The van der Waals surface area contributed by atoms with E-state index < -0.39 is 11.8 Å². The third-order valence-corrected chi connectivity index (χ3v) is 1.62. The third kappa shape index (κ3) is 2.40. The number of imide groups is 1. The average molecular weight is 182 g/mol. The van der Waals surface area contributed by atoms with Crippen LogP contribution in [0.4, 0.5) is 0 Å². The number of hydrogen-bond donors (Lipinski definition) is 1. The van der Waals surface area contributed by atoms with Gasteiger partial charge in [-0.2, -0.15) is 0 Å². The smallest absolute Gasteiger partial charge is 0.246 e. The van der Waals surface area contributed by atoms with Crippen molar-refractivity contribution in [1.29, 1.82) is 0 Å². The van der Waals surface area contributed by atoms with Gasteiger partial charge in [0.15, 0.2) is 0 Å². The molecule has 13 heavy (non-hydrogen) atoms. The number of piperazine rings is 1. The molecule has 0 unspecified atom stereocenters. The maximum absolute atomic E-state index is 11.2. The van der Waals surface area contributed by atoms with Gasteiger partial charge in [0.2, 0.25) is 17.7 Å². The van der Waals surface area contributed by atoms with Crippen molar-refractivity contribution in [3.63, 3.8) is 0 Å². The van der Waals surface area contributed by atoms with Gasteiger partial charge in [0, 0.05) is 6.42 Å². The van der Waals surface area contributed by atoms with Crippen LogP contribution in [-0.2, 0) is 14.4 Å².